The van der Waals surface area contributed by atoms with E-state index in [1.54, 1.807) is 10.9 Å². The van der Waals surface area contributed by atoms with E-state index in [4.69, 9.17) is 0 Å². The molecule has 1 amide bonds. The zero-order chi connectivity index (χ0) is 15.8. The molecule has 2 heterocycles. The fourth-order valence-corrected chi connectivity index (χ4v) is 3.07. The number of benzene rings is 2. The van der Waals surface area contributed by atoms with Crippen LogP contribution in [0.15, 0.2) is 60.8 Å². The Morgan fingerprint density at radius 1 is 1.09 bits per heavy atom. The molecule has 0 bridgehead atoms. The molecule has 0 unspecified atom stereocenters. The van der Waals surface area contributed by atoms with Gasteiger partial charge in [0.2, 0.25) is 0 Å². The summed E-state index contributed by atoms with van der Waals surface area (Å²) in [6, 6.07) is 17.8. The predicted molar refractivity (Wildman–Crippen MR) is 87.8 cm³/mol. The lowest BCUT2D eigenvalue weighted by Gasteiger charge is -2.21. The monoisotopic (exact) mass is 304 g/mol. The smallest absolute Gasteiger partial charge is 0.280 e. The Balaban J connectivity index is 1.67. The largest absolute Gasteiger partial charge is 0.304 e. The SMILES string of the molecule is C[C@H]1Cc2ccccc2N1C(=O)c1cn(-c2ccccc2)nn1. The van der Waals surface area contributed by atoms with Crippen LogP contribution in [0.3, 0.4) is 0 Å². The highest BCUT2D eigenvalue weighted by molar-refractivity contribution is 6.06. The number of carbonyl (C=O) groups excluding carboxylic acids is 1. The molecule has 5 heteroatoms. The van der Waals surface area contributed by atoms with Gasteiger partial charge in [0.15, 0.2) is 5.69 Å². The van der Waals surface area contributed by atoms with E-state index in [9.17, 15) is 4.79 Å². The molecule has 1 aromatic heterocycles. The molecule has 23 heavy (non-hydrogen) atoms. The lowest BCUT2D eigenvalue weighted by atomic mass is 10.1. The summed E-state index contributed by atoms with van der Waals surface area (Å²) in [5.41, 5.74) is 3.41. The molecule has 0 N–H and O–H groups in total. The first-order chi connectivity index (χ1) is 11.2. The summed E-state index contributed by atoms with van der Waals surface area (Å²) in [5, 5.41) is 8.15. The van der Waals surface area contributed by atoms with Crippen LogP contribution in [0.4, 0.5) is 5.69 Å². The maximum absolute atomic E-state index is 12.9. The fourth-order valence-electron chi connectivity index (χ4n) is 3.07. The highest BCUT2D eigenvalue weighted by Gasteiger charge is 2.32. The van der Waals surface area contributed by atoms with Gasteiger partial charge in [0.05, 0.1) is 11.9 Å². The van der Waals surface area contributed by atoms with Crippen LogP contribution in [-0.4, -0.2) is 26.9 Å². The third-order valence-corrected chi connectivity index (χ3v) is 4.16. The van der Waals surface area contributed by atoms with Gasteiger partial charge in [-0.3, -0.25) is 4.79 Å². The van der Waals surface area contributed by atoms with Crippen molar-refractivity contribution in [3.05, 3.63) is 72.1 Å². The van der Waals surface area contributed by atoms with Gasteiger partial charge in [-0.25, -0.2) is 4.68 Å². The Labute approximate surface area is 134 Å². The number of aromatic nitrogens is 3. The Bertz CT molecular complexity index is 856. The van der Waals surface area contributed by atoms with Gasteiger partial charge in [0.25, 0.3) is 5.91 Å². The summed E-state index contributed by atoms with van der Waals surface area (Å²) in [4.78, 5) is 14.7. The second-order valence-corrected chi connectivity index (χ2v) is 5.74. The molecule has 1 aliphatic heterocycles. The van der Waals surface area contributed by atoms with Crippen molar-refractivity contribution in [2.24, 2.45) is 0 Å². The molecule has 0 saturated heterocycles. The molecule has 5 nitrogen and oxygen atoms in total. The van der Waals surface area contributed by atoms with E-state index in [2.05, 4.69) is 23.3 Å². The number of anilines is 1. The molecule has 0 aliphatic carbocycles. The first-order valence-corrected chi connectivity index (χ1v) is 7.63. The van der Waals surface area contributed by atoms with Gasteiger partial charge < -0.3 is 4.90 Å². The topological polar surface area (TPSA) is 51.0 Å². The van der Waals surface area contributed by atoms with E-state index >= 15 is 0 Å². The van der Waals surface area contributed by atoms with Crippen LogP contribution >= 0.6 is 0 Å². The third kappa shape index (κ3) is 2.30. The molecular weight excluding hydrogens is 288 g/mol. The molecule has 4 rings (SSSR count). The third-order valence-electron chi connectivity index (χ3n) is 4.16. The van der Waals surface area contributed by atoms with Crippen LogP contribution in [0.5, 0.6) is 0 Å². The van der Waals surface area contributed by atoms with Crippen LogP contribution < -0.4 is 4.90 Å². The first kappa shape index (κ1) is 13.7. The number of nitrogens with zero attached hydrogens (tertiary/aromatic N) is 4. The number of amides is 1. The Morgan fingerprint density at radius 3 is 2.65 bits per heavy atom. The molecule has 1 atom stereocenters. The normalized spacial score (nSPS) is 16.4. The maximum Gasteiger partial charge on any atom is 0.280 e. The molecule has 0 spiro atoms. The molecule has 3 aromatic rings. The minimum Gasteiger partial charge on any atom is -0.304 e. The lowest BCUT2D eigenvalue weighted by molar-refractivity contribution is 0.0976. The predicted octanol–water partition coefficient (Wildman–Crippen LogP) is 2.86. The molecule has 2 aromatic carbocycles. The van der Waals surface area contributed by atoms with Crippen molar-refractivity contribution >= 4 is 11.6 Å². The van der Waals surface area contributed by atoms with Crippen molar-refractivity contribution in [3.8, 4) is 5.69 Å². The number of carbonyl (C=O) groups is 1. The Hall–Kier alpha value is -2.95. The van der Waals surface area contributed by atoms with Crippen molar-refractivity contribution in [2.75, 3.05) is 4.90 Å². The van der Waals surface area contributed by atoms with E-state index < -0.39 is 0 Å². The van der Waals surface area contributed by atoms with Gasteiger partial charge in [0.1, 0.15) is 0 Å². The first-order valence-electron chi connectivity index (χ1n) is 7.63. The fraction of sp³-hybridized carbons (Fsp3) is 0.167. The van der Waals surface area contributed by atoms with Crippen molar-refractivity contribution in [1.29, 1.82) is 0 Å². The maximum atomic E-state index is 12.9. The van der Waals surface area contributed by atoms with Gasteiger partial charge in [-0.05, 0) is 37.1 Å². The van der Waals surface area contributed by atoms with Crippen molar-refractivity contribution < 1.29 is 4.79 Å². The number of rotatable bonds is 2. The van der Waals surface area contributed by atoms with Crippen LogP contribution in [-0.2, 0) is 6.42 Å². The number of hydrogen-bond acceptors (Lipinski definition) is 3. The van der Waals surface area contributed by atoms with Crippen LogP contribution in [0, 0.1) is 0 Å². The average molecular weight is 304 g/mol. The van der Waals surface area contributed by atoms with E-state index in [0.717, 1.165) is 17.8 Å². The molecule has 114 valence electrons. The standard InChI is InChI=1S/C18H16N4O/c1-13-11-14-7-5-6-10-17(14)22(13)18(23)16-12-21(20-19-16)15-8-3-2-4-9-15/h2-10,12-13H,11H2,1H3/t13-/m0/s1. The van der Waals surface area contributed by atoms with Gasteiger partial charge in [-0.15, -0.1) is 5.10 Å². The van der Waals surface area contributed by atoms with E-state index in [0.29, 0.717) is 5.69 Å². The average Bonchev–Trinajstić information content (AvgIpc) is 3.19. The summed E-state index contributed by atoms with van der Waals surface area (Å²) in [5.74, 6) is -0.107. The van der Waals surface area contributed by atoms with E-state index in [-0.39, 0.29) is 11.9 Å². The second-order valence-electron chi connectivity index (χ2n) is 5.74. The van der Waals surface area contributed by atoms with Gasteiger partial charge in [0, 0.05) is 11.7 Å². The quantitative estimate of drug-likeness (QED) is 0.731. The number of para-hydroxylation sites is 2. The van der Waals surface area contributed by atoms with Crippen molar-refractivity contribution in [3.63, 3.8) is 0 Å². The molecule has 0 fully saturated rings. The highest BCUT2D eigenvalue weighted by Crippen LogP contribution is 2.32. The molecular formula is C18H16N4O. The summed E-state index contributed by atoms with van der Waals surface area (Å²) in [7, 11) is 0. The van der Waals surface area contributed by atoms with Gasteiger partial charge in [-0.1, -0.05) is 41.6 Å². The zero-order valence-corrected chi connectivity index (χ0v) is 12.8. The van der Waals surface area contributed by atoms with Crippen LogP contribution in [0.2, 0.25) is 0 Å². The minimum atomic E-state index is -0.107. The van der Waals surface area contributed by atoms with Gasteiger partial charge in [-0.2, -0.15) is 0 Å². The lowest BCUT2D eigenvalue weighted by Crippen LogP contribution is -2.35. The zero-order valence-electron chi connectivity index (χ0n) is 12.8. The summed E-state index contributed by atoms with van der Waals surface area (Å²) < 4.78 is 1.62. The molecule has 0 radical (unpaired) electrons. The number of fused-ring (bicyclic) bond motifs is 1. The second kappa shape index (κ2) is 5.35. The van der Waals surface area contributed by atoms with Crippen molar-refractivity contribution in [2.45, 2.75) is 19.4 Å². The summed E-state index contributed by atoms with van der Waals surface area (Å²) in [6.45, 7) is 2.06. The van der Waals surface area contributed by atoms with Crippen LogP contribution in [0.25, 0.3) is 5.69 Å². The van der Waals surface area contributed by atoms with Crippen LogP contribution in [0.1, 0.15) is 23.0 Å². The van der Waals surface area contributed by atoms with E-state index in [1.165, 1.54) is 5.56 Å². The minimum absolute atomic E-state index is 0.107. The molecule has 0 saturated carbocycles. The van der Waals surface area contributed by atoms with E-state index in [1.807, 2.05) is 53.4 Å². The highest BCUT2D eigenvalue weighted by atomic mass is 16.2. The number of hydrogen-bond donors (Lipinski definition) is 0. The van der Waals surface area contributed by atoms with Gasteiger partial charge >= 0.3 is 0 Å². The van der Waals surface area contributed by atoms with Crippen molar-refractivity contribution in [1.82, 2.24) is 15.0 Å². The summed E-state index contributed by atoms with van der Waals surface area (Å²) in [6.07, 6.45) is 2.56. The Kier molecular flexibility index (Phi) is 3.19. The Morgan fingerprint density at radius 2 is 1.83 bits per heavy atom. The summed E-state index contributed by atoms with van der Waals surface area (Å²) >= 11 is 0. The molecule has 1 aliphatic rings.